The van der Waals surface area contributed by atoms with Crippen molar-refractivity contribution in [2.75, 3.05) is 33.3 Å². The molecule has 1 aliphatic heterocycles. The van der Waals surface area contributed by atoms with E-state index in [2.05, 4.69) is 0 Å². The lowest BCUT2D eigenvalue weighted by atomic mass is 10.1. The molecule has 1 fully saturated rings. The Bertz CT molecular complexity index is 988. The summed E-state index contributed by atoms with van der Waals surface area (Å²) in [6.07, 6.45) is 3.94. The van der Waals surface area contributed by atoms with Gasteiger partial charge >= 0.3 is 0 Å². The van der Waals surface area contributed by atoms with E-state index in [0.717, 1.165) is 5.69 Å². The predicted octanol–water partition coefficient (Wildman–Crippen LogP) is 3.08. The highest BCUT2D eigenvalue weighted by Crippen LogP contribution is 2.17. The fourth-order valence-electron chi connectivity index (χ4n) is 3.52. The predicted molar refractivity (Wildman–Crippen MR) is 111 cm³/mol. The quantitative estimate of drug-likeness (QED) is 0.689. The highest BCUT2D eigenvalue weighted by Gasteiger charge is 2.25. The molecule has 0 aliphatic carbocycles. The van der Waals surface area contributed by atoms with Gasteiger partial charge in [-0.25, -0.2) is 0 Å². The van der Waals surface area contributed by atoms with Crippen LogP contribution in [0.15, 0.2) is 73.1 Å². The summed E-state index contributed by atoms with van der Waals surface area (Å²) < 4.78 is 7.19. The first-order chi connectivity index (χ1) is 14.2. The van der Waals surface area contributed by atoms with Crippen molar-refractivity contribution in [1.29, 1.82) is 0 Å². The maximum Gasteiger partial charge on any atom is 0.254 e. The Kier molecular flexibility index (Phi) is 5.33. The van der Waals surface area contributed by atoms with Gasteiger partial charge in [0.05, 0.1) is 7.11 Å². The van der Waals surface area contributed by atoms with Gasteiger partial charge < -0.3 is 19.1 Å². The van der Waals surface area contributed by atoms with E-state index >= 15 is 0 Å². The van der Waals surface area contributed by atoms with Crippen LogP contribution in [0.1, 0.15) is 20.7 Å². The highest BCUT2D eigenvalue weighted by molar-refractivity contribution is 5.96. The number of carbonyl (C=O) groups excluding carboxylic acids is 2. The summed E-state index contributed by atoms with van der Waals surface area (Å²) in [5.74, 6) is 0.623. The molecule has 1 saturated heterocycles. The fourth-order valence-corrected chi connectivity index (χ4v) is 3.52. The van der Waals surface area contributed by atoms with Crippen LogP contribution in [0.2, 0.25) is 0 Å². The first-order valence-corrected chi connectivity index (χ1v) is 9.62. The van der Waals surface area contributed by atoms with E-state index in [-0.39, 0.29) is 11.8 Å². The van der Waals surface area contributed by atoms with Crippen molar-refractivity contribution in [2.24, 2.45) is 0 Å². The standard InChI is InChI=1S/C23H23N3O3/c1-29-21-6-4-5-19(17-21)23(28)26-15-13-25(14-16-26)22(27)18-7-9-20(10-8-18)24-11-2-3-12-24/h2-12,17H,13-16H2,1H3. The third-order valence-corrected chi connectivity index (χ3v) is 5.19. The molecule has 0 saturated carbocycles. The van der Waals surface area contributed by atoms with E-state index in [1.54, 1.807) is 29.0 Å². The summed E-state index contributed by atoms with van der Waals surface area (Å²) >= 11 is 0. The molecule has 6 nitrogen and oxygen atoms in total. The van der Waals surface area contributed by atoms with E-state index < -0.39 is 0 Å². The molecule has 4 rings (SSSR count). The third kappa shape index (κ3) is 4.01. The molecule has 148 valence electrons. The largest absolute Gasteiger partial charge is 0.497 e. The number of ether oxygens (including phenoxy) is 1. The molecule has 2 aromatic carbocycles. The van der Waals surface area contributed by atoms with Crippen LogP contribution in [-0.2, 0) is 0 Å². The van der Waals surface area contributed by atoms with Crippen LogP contribution in [0.25, 0.3) is 5.69 Å². The van der Waals surface area contributed by atoms with Crippen LogP contribution in [0, 0.1) is 0 Å². The van der Waals surface area contributed by atoms with Crippen LogP contribution in [0.5, 0.6) is 5.75 Å². The molecule has 0 N–H and O–H groups in total. The molecule has 0 atom stereocenters. The van der Waals surface area contributed by atoms with Crippen LogP contribution in [0.3, 0.4) is 0 Å². The molecule has 3 aromatic rings. The molecule has 2 amide bonds. The van der Waals surface area contributed by atoms with Crippen molar-refractivity contribution >= 4 is 11.8 Å². The third-order valence-electron chi connectivity index (χ3n) is 5.19. The second kappa shape index (κ2) is 8.22. The average molecular weight is 389 g/mol. The monoisotopic (exact) mass is 389 g/mol. The minimum atomic E-state index is -0.0351. The fraction of sp³-hybridized carbons (Fsp3) is 0.217. The normalized spacial score (nSPS) is 14.0. The number of piperazine rings is 1. The molecule has 1 aliphatic rings. The van der Waals surface area contributed by atoms with E-state index in [0.29, 0.717) is 43.1 Å². The number of benzene rings is 2. The smallest absolute Gasteiger partial charge is 0.254 e. The van der Waals surface area contributed by atoms with Crippen molar-refractivity contribution in [2.45, 2.75) is 0 Å². The maximum absolute atomic E-state index is 12.8. The van der Waals surface area contributed by atoms with Crippen molar-refractivity contribution in [3.05, 3.63) is 84.2 Å². The number of carbonyl (C=O) groups is 2. The van der Waals surface area contributed by atoms with Gasteiger partial charge in [-0.3, -0.25) is 9.59 Å². The summed E-state index contributed by atoms with van der Waals surface area (Å²) in [6.45, 7) is 2.08. The number of hydrogen-bond donors (Lipinski definition) is 0. The Labute approximate surface area is 169 Å². The lowest BCUT2D eigenvalue weighted by molar-refractivity contribution is 0.0535. The number of hydrogen-bond acceptors (Lipinski definition) is 3. The Morgan fingerprint density at radius 3 is 1.93 bits per heavy atom. The van der Waals surface area contributed by atoms with Gasteiger partial charge in [0, 0.05) is 55.4 Å². The van der Waals surface area contributed by atoms with Crippen molar-refractivity contribution in [3.63, 3.8) is 0 Å². The van der Waals surface area contributed by atoms with Gasteiger partial charge in [-0.15, -0.1) is 0 Å². The molecule has 29 heavy (non-hydrogen) atoms. The lowest BCUT2D eigenvalue weighted by Gasteiger charge is -2.35. The van der Waals surface area contributed by atoms with Gasteiger partial charge in [0.2, 0.25) is 0 Å². The summed E-state index contributed by atoms with van der Waals surface area (Å²) in [7, 11) is 1.58. The number of nitrogens with zero attached hydrogens (tertiary/aromatic N) is 3. The molecule has 6 heteroatoms. The van der Waals surface area contributed by atoms with Crippen LogP contribution < -0.4 is 4.74 Å². The summed E-state index contributed by atoms with van der Waals surface area (Å²) in [5, 5.41) is 0. The van der Waals surface area contributed by atoms with E-state index in [1.165, 1.54) is 0 Å². The van der Waals surface area contributed by atoms with Crippen molar-refractivity contribution < 1.29 is 14.3 Å². The van der Waals surface area contributed by atoms with Gasteiger partial charge in [0.1, 0.15) is 5.75 Å². The Morgan fingerprint density at radius 1 is 0.759 bits per heavy atom. The SMILES string of the molecule is COc1cccc(C(=O)N2CCN(C(=O)c3ccc(-n4cccc4)cc3)CC2)c1. The van der Waals surface area contributed by atoms with Gasteiger partial charge in [0.25, 0.3) is 11.8 Å². The number of methoxy groups -OCH3 is 1. The molecule has 2 heterocycles. The minimum Gasteiger partial charge on any atom is -0.497 e. The zero-order valence-electron chi connectivity index (χ0n) is 16.3. The topological polar surface area (TPSA) is 54.8 Å². The zero-order valence-corrected chi connectivity index (χ0v) is 16.3. The first-order valence-electron chi connectivity index (χ1n) is 9.62. The zero-order chi connectivity index (χ0) is 20.2. The number of rotatable bonds is 4. The highest BCUT2D eigenvalue weighted by atomic mass is 16.5. The second-order valence-corrected chi connectivity index (χ2v) is 6.95. The molecular weight excluding hydrogens is 366 g/mol. The molecule has 0 radical (unpaired) electrons. The number of aromatic nitrogens is 1. The second-order valence-electron chi connectivity index (χ2n) is 6.95. The Balaban J connectivity index is 1.37. The van der Waals surface area contributed by atoms with E-state index in [1.807, 2.05) is 65.5 Å². The van der Waals surface area contributed by atoms with Gasteiger partial charge in [-0.1, -0.05) is 6.07 Å². The number of amides is 2. The Morgan fingerprint density at radius 2 is 1.34 bits per heavy atom. The lowest BCUT2D eigenvalue weighted by Crippen LogP contribution is -2.50. The summed E-state index contributed by atoms with van der Waals surface area (Å²) in [5.41, 5.74) is 2.28. The van der Waals surface area contributed by atoms with E-state index in [9.17, 15) is 9.59 Å². The van der Waals surface area contributed by atoms with Crippen LogP contribution in [-0.4, -0.2) is 59.5 Å². The average Bonchev–Trinajstić information content (AvgIpc) is 3.33. The van der Waals surface area contributed by atoms with Gasteiger partial charge in [-0.2, -0.15) is 0 Å². The molecular formula is C23H23N3O3. The van der Waals surface area contributed by atoms with Gasteiger partial charge in [-0.05, 0) is 54.6 Å². The summed E-state index contributed by atoms with van der Waals surface area (Å²) in [6, 6.07) is 18.7. The minimum absolute atomic E-state index is 0.00228. The first kappa shape index (κ1) is 18.8. The molecule has 0 unspecified atom stereocenters. The Hall–Kier alpha value is -3.54. The summed E-state index contributed by atoms with van der Waals surface area (Å²) in [4.78, 5) is 29.1. The van der Waals surface area contributed by atoms with Crippen molar-refractivity contribution in [3.8, 4) is 11.4 Å². The van der Waals surface area contributed by atoms with Crippen LogP contribution in [0.4, 0.5) is 0 Å². The van der Waals surface area contributed by atoms with Crippen LogP contribution >= 0.6 is 0 Å². The molecule has 1 aromatic heterocycles. The maximum atomic E-state index is 12.8. The molecule has 0 spiro atoms. The van der Waals surface area contributed by atoms with E-state index in [4.69, 9.17) is 4.74 Å². The van der Waals surface area contributed by atoms with Gasteiger partial charge in [0.15, 0.2) is 0 Å². The van der Waals surface area contributed by atoms with Crippen molar-refractivity contribution in [1.82, 2.24) is 14.4 Å². The molecule has 0 bridgehead atoms.